The third-order valence-electron chi connectivity index (χ3n) is 12.8. The van der Waals surface area contributed by atoms with Crippen LogP contribution in [-0.2, 0) is 59.4 Å². The first-order valence-electron chi connectivity index (χ1n) is 28.2. The maximum atomic E-state index is 15.0. The van der Waals surface area contributed by atoms with Gasteiger partial charge >= 0.3 is 24.4 Å². The van der Waals surface area contributed by atoms with Gasteiger partial charge in [-0.3, -0.25) is 25.1 Å². The molecule has 0 radical (unpaired) electrons. The summed E-state index contributed by atoms with van der Waals surface area (Å²) >= 11 is 0. The minimum Gasteiger partial charge on any atom is -0.489 e. The molecule has 5 aromatic rings. The Kier molecular flexibility index (Phi) is 24.3. The quantitative estimate of drug-likeness (QED) is 0.0111. The second-order valence-electron chi connectivity index (χ2n) is 22.1. The number of hydrogen-bond donors (Lipinski definition) is 8. The molecule has 448 valence electrons. The molecule has 0 unspecified atom stereocenters. The van der Waals surface area contributed by atoms with Crippen molar-refractivity contribution in [1.82, 2.24) is 41.8 Å². The van der Waals surface area contributed by atoms with Crippen molar-refractivity contribution in [2.45, 2.75) is 135 Å². The van der Waals surface area contributed by atoms with Gasteiger partial charge in [0.1, 0.15) is 54.9 Å². The van der Waals surface area contributed by atoms with Gasteiger partial charge in [-0.15, -0.1) is 0 Å². The van der Waals surface area contributed by atoms with Gasteiger partial charge in [-0.25, -0.2) is 24.1 Å². The molecule has 0 bridgehead atoms. The summed E-state index contributed by atoms with van der Waals surface area (Å²) in [5.74, 6) is -2.21. The molecule has 6 rings (SSSR count). The summed E-state index contributed by atoms with van der Waals surface area (Å²) in [6.07, 6.45) is 5.99. The minimum atomic E-state index is -1.44. The van der Waals surface area contributed by atoms with E-state index in [-0.39, 0.29) is 52.0 Å². The summed E-state index contributed by atoms with van der Waals surface area (Å²) in [6, 6.07) is 29.0. The molecule has 7 amide bonds. The molecule has 21 nitrogen and oxygen atoms in total. The van der Waals surface area contributed by atoms with Crippen LogP contribution in [0, 0.1) is 5.41 Å². The molecule has 3 atom stereocenters. The third-order valence-corrected chi connectivity index (χ3v) is 12.8. The van der Waals surface area contributed by atoms with E-state index in [2.05, 4.69) is 36.9 Å². The first kappa shape index (κ1) is 64.0. The van der Waals surface area contributed by atoms with Crippen molar-refractivity contribution in [2.24, 2.45) is 0 Å². The molecule has 0 saturated heterocycles. The summed E-state index contributed by atoms with van der Waals surface area (Å²) < 4.78 is 27.9. The number of rotatable bonds is 26. The number of amides is 7. The summed E-state index contributed by atoms with van der Waals surface area (Å²) in [4.78, 5) is 101. The summed E-state index contributed by atoms with van der Waals surface area (Å²) in [6.45, 7) is 10.6. The van der Waals surface area contributed by atoms with Crippen LogP contribution in [-0.4, -0.2) is 114 Å². The smallest absolute Gasteiger partial charge is 0.416 e. The number of alkyl carbamates (subject to hydrolysis) is 3. The molecular weight excluding hydrogens is 1070 g/mol. The van der Waals surface area contributed by atoms with Crippen LogP contribution in [0.15, 0.2) is 139 Å². The largest absolute Gasteiger partial charge is 0.489 e. The number of carbonyl (C=O) groups is 7. The molecule has 4 aromatic carbocycles. The van der Waals surface area contributed by atoms with Gasteiger partial charge < -0.3 is 55.3 Å². The van der Waals surface area contributed by atoms with E-state index >= 15 is 0 Å². The lowest BCUT2D eigenvalue weighted by Crippen LogP contribution is -2.58. The highest BCUT2D eigenvalue weighted by atomic mass is 16.6. The van der Waals surface area contributed by atoms with Crippen LogP contribution < -0.4 is 36.6 Å². The van der Waals surface area contributed by atoms with Crippen molar-refractivity contribution < 1.29 is 57.2 Å². The number of H-pyrrole nitrogens is 1. The lowest BCUT2D eigenvalue weighted by molar-refractivity contribution is -0.132. The first-order chi connectivity index (χ1) is 40.2. The van der Waals surface area contributed by atoms with Crippen LogP contribution in [0.5, 0.6) is 5.75 Å². The Morgan fingerprint density at radius 3 is 1.88 bits per heavy atom. The van der Waals surface area contributed by atoms with E-state index in [1.54, 1.807) is 96.3 Å². The summed E-state index contributed by atoms with van der Waals surface area (Å²) in [5, 5.41) is 26.0. The van der Waals surface area contributed by atoms with Crippen molar-refractivity contribution in [3.63, 3.8) is 0 Å². The number of guanidine groups is 1. The molecule has 1 heterocycles. The predicted octanol–water partition coefficient (Wildman–Crippen LogP) is 9.17. The first-order valence-corrected chi connectivity index (χ1v) is 28.2. The number of para-hydroxylation sites is 1. The van der Waals surface area contributed by atoms with Crippen molar-refractivity contribution in [3.8, 4) is 5.75 Å². The zero-order valence-electron chi connectivity index (χ0n) is 48.7. The molecule has 0 saturated carbocycles. The lowest BCUT2D eigenvalue weighted by atomic mass is 10.0. The van der Waals surface area contributed by atoms with E-state index in [4.69, 9.17) is 29.1 Å². The minimum absolute atomic E-state index is 0.0192. The van der Waals surface area contributed by atoms with Crippen molar-refractivity contribution in [1.29, 1.82) is 5.41 Å². The standard InChI is InChI=1S/C63H79N9O12/c1-62(2,3)83-58(76)66-35-19-18-34-65-54(73)53(38-47-39-67-50-28-17-16-27-49(47)50)69-55(74)51(29-20-36-72(61(79)82-42-46-25-14-9-15-26-46)57(64)71-59(77)81-41-45-23-12-8-13-24-45)68-56(75)52(70-60(78)84-63(4,5)6)37-43-30-32-48(33-31-43)80-40-44-21-10-7-11-22-44/h7-14,16-17,21-25,27-28,30-33,39,51-53,67H,15,18-20,26,29,34-38,40-42H2,1-6H3,(H,65,73)(H,66,76)(H,68,75)(H,69,74)(H,70,78)(H2,64,71,77)/t51-,52-,53-/m0/s1. The molecule has 0 aliphatic heterocycles. The number of hydrogen-bond acceptors (Lipinski definition) is 13. The second kappa shape index (κ2) is 31.9. The summed E-state index contributed by atoms with van der Waals surface area (Å²) in [5.41, 5.74) is 3.02. The van der Waals surface area contributed by atoms with Gasteiger partial charge in [-0.05, 0) is 126 Å². The number of aromatic nitrogens is 1. The fraction of sp³-hybridized carbons (Fsp3) is 0.397. The van der Waals surface area contributed by atoms with Gasteiger partial charge in [0.2, 0.25) is 23.7 Å². The Balaban J connectivity index is 1.25. The second-order valence-corrected chi connectivity index (χ2v) is 22.1. The monoisotopic (exact) mass is 1150 g/mol. The molecular formula is C63H79N9O12. The molecule has 1 aliphatic rings. The van der Waals surface area contributed by atoms with Gasteiger partial charge in [0.15, 0.2) is 0 Å². The Hall–Kier alpha value is -9.14. The molecule has 0 fully saturated rings. The van der Waals surface area contributed by atoms with Crippen LogP contribution in [0.4, 0.5) is 19.2 Å². The Bertz CT molecular complexity index is 3060. The maximum Gasteiger partial charge on any atom is 0.416 e. The number of nitrogens with one attached hydrogen (secondary N) is 8. The number of carbonyl (C=O) groups excluding carboxylic acids is 7. The highest BCUT2D eigenvalue weighted by Gasteiger charge is 2.33. The van der Waals surface area contributed by atoms with Gasteiger partial charge in [-0.1, -0.05) is 109 Å². The number of benzene rings is 4. The molecule has 8 N–H and O–H groups in total. The van der Waals surface area contributed by atoms with Crippen LogP contribution in [0.25, 0.3) is 10.9 Å². The van der Waals surface area contributed by atoms with Crippen LogP contribution >= 0.6 is 0 Å². The van der Waals surface area contributed by atoms with E-state index in [0.29, 0.717) is 54.9 Å². The molecule has 84 heavy (non-hydrogen) atoms. The predicted molar refractivity (Wildman–Crippen MR) is 318 cm³/mol. The topological polar surface area (TPSA) is 281 Å². The van der Waals surface area contributed by atoms with Crippen LogP contribution in [0.1, 0.15) is 102 Å². The fourth-order valence-electron chi connectivity index (χ4n) is 8.67. The zero-order valence-corrected chi connectivity index (χ0v) is 48.7. The Morgan fingerprint density at radius 1 is 0.607 bits per heavy atom. The third kappa shape index (κ3) is 22.7. The van der Waals surface area contributed by atoms with Gasteiger partial charge in [0, 0.05) is 49.6 Å². The highest BCUT2D eigenvalue weighted by Crippen LogP contribution is 2.21. The number of allylic oxidation sites excluding steroid dienone is 3. The fourth-order valence-corrected chi connectivity index (χ4v) is 8.67. The average Bonchev–Trinajstić information content (AvgIpc) is 3.97. The van der Waals surface area contributed by atoms with E-state index in [9.17, 15) is 33.6 Å². The van der Waals surface area contributed by atoms with Crippen LogP contribution in [0.2, 0.25) is 0 Å². The SMILES string of the molecule is CC(C)(C)OC(=O)NCCCCNC(=O)[C@H](Cc1c[nH]c2ccccc12)NC(=O)[C@H](CCCN(C(=N)NC(=O)OCc1ccccc1)C(=O)OCC1=CC=CCC1)NC(=O)[C@H](Cc1ccc(OCc2ccccc2)cc1)NC(=O)OC(C)(C)C. The van der Waals surface area contributed by atoms with Gasteiger partial charge in [0.25, 0.3) is 0 Å². The average molecular weight is 1150 g/mol. The van der Waals surface area contributed by atoms with Crippen molar-refractivity contribution in [2.75, 3.05) is 26.2 Å². The lowest BCUT2D eigenvalue weighted by Gasteiger charge is -2.27. The van der Waals surface area contributed by atoms with E-state index < -0.39 is 77.4 Å². The van der Waals surface area contributed by atoms with Gasteiger partial charge in [-0.2, -0.15) is 0 Å². The Labute approximate surface area is 490 Å². The van der Waals surface area contributed by atoms with Crippen molar-refractivity contribution in [3.05, 3.63) is 161 Å². The molecule has 21 heteroatoms. The maximum absolute atomic E-state index is 15.0. The molecule has 1 aliphatic carbocycles. The van der Waals surface area contributed by atoms with Crippen LogP contribution in [0.3, 0.4) is 0 Å². The zero-order chi connectivity index (χ0) is 60.5. The molecule has 1 aromatic heterocycles. The number of nitrogens with zero attached hydrogens (tertiary/aromatic N) is 1. The number of fused-ring (bicyclic) bond motifs is 1. The number of ether oxygens (including phenoxy) is 5. The number of aromatic amines is 1. The van der Waals surface area contributed by atoms with E-state index in [1.807, 2.05) is 78.9 Å². The van der Waals surface area contributed by atoms with E-state index in [1.165, 1.54) is 0 Å². The Morgan fingerprint density at radius 2 is 1.21 bits per heavy atom. The normalized spacial score (nSPS) is 13.1. The number of unbranched alkanes of at least 4 members (excludes halogenated alkanes) is 1. The van der Waals surface area contributed by atoms with E-state index in [0.717, 1.165) is 33.4 Å². The summed E-state index contributed by atoms with van der Waals surface area (Å²) in [7, 11) is 0. The van der Waals surface area contributed by atoms with Gasteiger partial charge in [0.05, 0.1) is 0 Å². The highest BCUT2D eigenvalue weighted by molar-refractivity contribution is 6.00. The molecule has 0 spiro atoms. The van der Waals surface area contributed by atoms with Crippen molar-refractivity contribution >= 4 is 59.0 Å².